The van der Waals surface area contributed by atoms with Crippen molar-refractivity contribution in [3.63, 3.8) is 0 Å². The molecule has 0 aliphatic carbocycles. The van der Waals surface area contributed by atoms with E-state index in [1.807, 2.05) is 49.4 Å². The monoisotopic (exact) mass is 585 g/mol. The van der Waals surface area contributed by atoms with Crippen LogP contribution in [0.5, 0.6) is 5.75 Å². The van der Waals surface area contributed by atoms with E-state index in [1.165, 1.54) is 4.31 Å². The van der Waals surface area contributed by atoms with Gasteiger partial charge >= 0.3 is 0 Å². The highest BCUT2D eigenvalue weighted by Crippen LogP contribution is 2.23. The van der Waals surface area contributed by atoms with Gasteiger partial charge < -0.3 is 15.0 Å². The van der Waals surface area contributed by atoms with Gasteiger partial charge in [0.25, 0.3) is 0 Å². The molecule has 0 spiro atoms. The van der Waals surface area contributed by atoms with E-state index in [-0.39, 0.29) is 37.7 Å². The first kappa shape index (κ1) is 31.0. The van der Waals surface area contributed by atoms with Crippen molar-refractivity contribution in [2.45, 2.75) is 38.8 Å². The summed E-state index contributed by atoms with van der Waals surface area (Å²) < 4.78 is 31.9. The molecule has 0 aliphatic rings. The van der Waals surface area contributed by atoms with Gasteiger partial charge in [-0.05, 0) is 60.9 Å². The quantitative estimate of drug-likeness (QED) is 0.297. The lowest BCUT2D eigenvalue weighted by atomic mass is 10.0. The van der Waals surface area contributed by atoms with Crippen LogP contribution in [0.2, 0.25) is 5.02 Å². The van der Waals surface area contributed by atoms with Gasteiger partial charge in [-0.2, -0.15) is 0 Å². The van der Waals surface area contributed by atoms with E-state index in [2.05, 4.69) is 5.32 Å². The highest BCUT2D eigenvalue weighted by atomic mass is 35.5. The van der Waals surface area contributed by atoms with Crippen LogP contribution in [0.15, 0.2) is 78.9 Å². The van der Waals surface area contributed by atoms with E-state index in [0.29, 0.717) is 29.5 Å². The van der Waals surface area contributed by atoms with Crippen molar-refractivity contribution >= 4 is 39.1 Å². The summed E-state index contributed by atoms with van der Waals surface area (Å²) >= 11 is 6.06. The van der Waals surface area contributed by atoms with E-state index in [0.717, 1.165) is 17.4 Å². The van der Waals surface area contributed by atoms with Gasteiger partial charge in [0.1, 0.15) is 11.8 Å². The fraction of sp³-hybridized carbons (Fsp3) is 0.333. The van der Waals surface area contributed by atoms with Crippen LogP contribution >= 0.6 is 11.6 Å². The van der Waals surface area contributed by atoms with E-state index >= 15 is 0 Å². The third kappa shape index (κ3) is 8.99. The maximum absolute atomic E-state index is 13.7. The van der Waals surface area contributed by atoms with Gasteiger partial charge in [0.2, 0.25) is 21.8 Å². The molecular weight excluding hydrogens is 550 g/mol. The van der Waals surface area contributed by atoms with E-state index < -0.39 is 16.1 Å². The molecule has 1 atom stereocenters. The molecule has 0 saturated heterocycles. The van der Waals surface area contributed by atoms with Crippen LogP contribution < -0.4 is 14.4 Å². The van der Waals surface area contributed by atoms with E-state index in [4.69, 9.17) is 16.3 Å². The van der Waals surface area contributed by atoms with Gasteiger partial charge in [-0.1, -0.05) is 54.1 Å². The number of sulfonamides is 1. The molecule has 3 aromatic rings. The third-order valence-corrected chi connectivity index (χ3v) is 7.82. The Balaban J connectivity index is 1.81. The molecule has 214 valence electrons. The number of carbonyl (C=O) groups is 2. The first-order chi connectivity index (χ1) is 19.1. The topological polar surface area (TPSA) is 96.0 Å². The number of anilines is 1. The largest absolute Gasteiger partial charge is 0.494 e. The summed E-state index contributed by atoms with van der Waals surface area (Å²) in [6.07, 6.45) is 1.79. The van der Waals surface area contributed by atoms with Crippen LogP contribution in [0.3, 0.4) is 0 Å². The fourth-order valence-electron chi connectivity index (χ4n) is 4.39. The molecule has 10 heteroatoms. The predicted octanol–water partition coefficient (Wildman–Crippen LogP) is 4.67. The van der Waals surface area contributed by atoms with Crippen molar-refractivity contribution in [3.8, 4) is 5.75 Å². The number of likely N-dealkylation sites (N-methyl/N-ethyl adjacent to an activating group) is 1. The second-order valence-electron chi connectivity index (χ2n) is 9.33. The van der Waals surface area contributed by atoms with Crippen molar-refractivity contribution in [1.29, 1.82) is 0 Å². The Morgan fingerprint density at radius 2 is 1.60 bits per heavy atom. The number of nitrogens with one attached hydrogen (secondary N) is 1. The zero-order chi connectivity index (χ0) is 29.1. The molecule has 0 aromatic heterocycles. The molecule has 2 amide bonds. The molecule has 0 heterocycles. The number of halogens is 1. The lowest BCUT2D eigenvalue weighted by Gasteiger charge is -2.31. The smallest absolute Gasteiger partial charge is 0.242 e. The Morgan fingerprint density at radius 3 is 2.17 bits per heavy atom. The van der Waals surface area contributed by atoms with Crippen molar-refractivity contribution in [2.24, 2.45) is 0 Å². The Bertz CT molecular complexity index is 1350. The summed E-state index contributed by atoms with van der Waals surface area (Å²) in [7, 11) is -2.05. The summed E-state index contributed by atoms with van der Waals surface area (Å²) in [5.41, 5.74) is 2.24. The minimum Gasteiger partial charge on any atom is -0.494 e. The lowest BCUT2D eigenvalue weighted by Crippen LogP contribution is -2.49. The number of amides is 2. The van der Waals surface area contributed by atoms with Gasteiger partial charge in [-0.25, -0.2) is 8.42 Å². The Kier molecular flexibility index (Phi) is 11.4. The minimum absolute atomic E-state index is 0.0545. The van der Waals surface area contributed by atoms with Crippen molar-refractivity contribution in [1.82, 2.24) is 10.2 Å². The third-order valence-electron chi connectivity index (χ3n) is 6.37. The summed E-state index contributed by atoms with van der Waals surface area (Å²) in [6, 6.07) is 22.7. The summed E-state index contributed by atoms with van der Waals surface area (Å²) in [6.45, 7) is 2.69. The minimum atomic E-state index is -3.60. The van der Waals surface area contributed by atoms with E-state index in [9.17, 15) is 18.0 Å². The van der Waals surface area contributed by atoms with Crippen LogP contribution in [0, 0.1) is 0 Å². The zero-order valence-corrected chi connectivity index (χ0v) is 24.6. The standard InChI is InChI=1S/C30H36ClN3O5S/c1-4-39-27-18-16-26(17-19-27)34(40(3,37)38)20-8-11-29(35)33(22-24-12-14-25(31)15-13-24)28(30(36)32-2)21-23-9-6-5-7-10-23/h5-7,9-10,12-19,28H,4,8,11,20-22H2,1-3H3,(H,32,36). The SMILES string of the molecule is CCOc1ccc(N(CCCC(=O)N(Cc2ccc(Cl)cc2)C(Cc2ccccc2)C(=O)NC)S(C)(=O)=O)cc1. The highest BCUT2D eigenvalue weighted by molar-refractivity contribution is 7.92. The van der Waals surface area contributed by atoms with Crippen LogP contribution in [-0.4, -0.2) is 57.6 Å². The average molecular weight is 586 g/mol. The predicted molar refractivity (Wildman–Crippen MR) is 159 cm³/mol. The van der Waals surface area contributed by atoms with Crippen LogP contribution in [0.25, 0.3) is 0 Å². The van der Waals surface area contributed by atoms with Gasteiger partial charge in [0.15, 0.2) is 0 Å². The van der Waals surface area contributed by atoms with Gasteiger partial charge in [-0.15, -0.1) is 0 Å². The number of nitrogens with zero attached hydrogens (tertiary/aromatic N) is 2. The highest BCUT2D eigenvalue weighted by Gasteiger charge is 2.30. The first-order valence-electron chi connectivity index (χ1n) is 13.1. The van der Waals surface area contributed by atoms with Crippen molar-refractivity contribution < 1.29 is 22.7 Å². The number of hydrogen-bond acceptors (Lipinski definition) is 5. The molecular formula is C30H36ClN3O5S. The fourth-order valence-corrected chi connectivity index (χ4v) is 5.48. The van der Waals surface area contributed by atoms with E-state index in [1.54, 1.807) is 48.3 Å². The lowest BCUT2D eigenvalue weighted by molar-refractivity contribution is -0.141. The summed E-state index contributed by atoms with van der Waals surface area (Å²) in [4.78, 5) is 28.3. The maximum Gasteiger partial charge on any atom is 0.242 e. The molecule has 3 aromatic carbocycles. The summed E-state index contributed by atoms with van der Waals surface area (Å²) in [5.74, 6) is 0.115. The number of benzene rings is 3. The average Bonchev–Trinajstić information content (AvgIpc) is 2.94. The van der Waals surface area contributed by atoms with Crippen LogP contribution in [-0.2, 0) is 32.6 Å². The molecule has 1 N–H and O–H groups in total. The normalized spacial score (nSPS) is 11.9. The summed E-state index contributed by atoms with van der Waals surface area (Å²) in [5, 5.41) is 3.27. The molecule has 0 saturated carbocycles. The second kappa shape index (κ2) is 14.7. The maximum atomic E-state index is 13.7. The molecule has 0 bridgehead atoms. The van der Waals surface area contributed by atoms with Crippen LogP contribution in [0.1, 0.15) is 30.9 Å². The van der Waals surface area contributed by atoms with Crippen molar-refractivity contribution in [2.75, 3.05) is 30.8 Å². The number of carbonyl (C=O) groups excluding carboxylic acids is 2. The molecule has 0 aliphatic heterocycles. The Labute approximate surface area is 241 Å². The van der Waals surface area contributed by atoms with Crippen molar-refractivity contribution in [3.05, 3.63) is 95.0 Å². The van der Waals surface area contributed by atoms with Gasteiger partial charge in [-0.3, -0.25) is 13.9 Å². The molecule has 40 heavy (non-hydrogen) atoms. The zero-order valence-electron chi connectivity index (χ0n) is 23.0. The first-order valence-corrected chi connectivity index (χ1v) is 15.3. The van der Waals surface area contributed by atoms with Gasteiger partial charge in [0, 0.05) is 38.0 Å². The molecule has 8 nitrogen and oxygen atoms in total. The number of ether oxygens (including phenoxy) is 1. The van der Waals surface area contributed by atoms with Crippen LogP contribution in [0.4, 0.5) is 5.69 Å². The molecule has 0 fully saturated rings. The van der Waals surface area contributed by atoms with Gasteiger partial charge in [0.05, 0.1) is 18.6 Å². The molecule has 3 rings (SSSR count). The Morgan fingerprint density at radius 1 is 0.950 bits per heavy atom. The molecule has 0 radical (unpaired) electrons. The number of hydrogen-bond donors (Lipinski definition) is 1. The number of rotatable bonds is 14. The second-order valence-corrected chi connectivity index (χ2v) is 11.7. The molecule has 1 unspecified atom stereocenters. The Hall–Kier alpha value is -3.56.